The van der Waals surface area contributed by atoms with Gasteiger partial charge in [-0.05, 0) is 18.4 Å². The molecule has 0 aliphatic carbocycles. The Balaban J connectivity index is 2.43. The number of aliphatic imine (C=N–C) groups is 1. The molecular formula is C18H30N4O2. The summed E-state index contributed by atoms with van der Waals surface area (Å²) in [6, 6.07) is 10.1. The number of carbonyl (C=O) groups is 1. The number of guanidine groups is 1. The number of amides is 1. The Morgan fingerprint density at radius 3 is 2.54 bits per heavy atom. The first kappa shape index (κ1) is 20.0. The molecule has 0 spiro atoms. The van der Waals surface area contributed by atoms with Gasteiger partial charge in [0.2, 0.25) is 5.91 Å². The first-order valence-corrected chi connectivity index (χ1v) is 8.58. The summed E-state index contributed by atoms with van der Waals surface area (Å²) in [4.78, 5) is 16.2. The van der Waals surface area contributed by atoms with Crippen molar-refractivity contribution in [2.24, 2.45) is 4.99 Å². The molecule has 24 heavy (non-hydrogen) atoms. The van der Waals surface area contributed by atoms with E-state index in [0.29, 0.717) is 26.1 Å². The second-order valence-corrected chi connectivity index (χ2v) is 5.45. The number of nitrogens with zero attached hydrogens (tertiary/aromatic N) is 1. The molecular weight excluding hydrogens is 304 g/mol. The van der Waals surface area contributed by atoms with Gasteiger partial charge in [0.25, 0.3) is 0 Å². The number of carbonyl (C=O) groups excluding carboxylic acids is 1. The monoisotopic (exact) mass is 334 g/mol. The standard InChI is InChI=1S/C18H30N4O2/c1-3-11-19-17(23)10-13-21-18(20-12-7-14-24-2)22-15-16-8-5-4-6-9-16/h4-6,8-9H,3,7,10-15H2,1-2H3,(H,19,23)(H2,20,21,22). The summed E-state index contributed by atoms with van der Waals surface area (Å²) in [5, 5.41) is 9.35. The first-order chi connectivity index (χ1) is 11.8. The lowest BCUT2D eigenvalue weighted by molar-refractivity contribution is -0.120. The molecule has 1 aromatic rings. The van der Waals surface area contributed by atoms with Gasteiger partial charge < -0.3 is 20.7 Å². The highest BCUT2D eigenvalue weighted by Crippen LogP contribution is 1.99. The van der Waals surface area contributed by atoms with Crippen LogP contribution < -0.4 is 16.0 Å². The van der Waals surface area contributed by atoms with Crippen molar-refractivity contribution >= 4 is 11.9 Å². The molecule has 0 aliphatic rings. The predicted molar refractivity (Wildman–Crippen MR) is 98.0 cm³/mol. The number of rotatable bonds is 11. The average molecular weight is 334 g/mol. The van der Waals surface area contributed by atoms with Gasteiger partial charge in [-0.25, -0.2) is 4.99 Å². The summed E-state index contributed by atoms with van der Waals surface area (Å²) in [5.74, 6) is 0.782. The molecule has 0 aromatic heterocycles. The second-order valence-electron chi connectivity index (χ2n) is 5.45. The van der Waals surface area contributed by atoms with Crippen LogP contribution in [0.15, 0.2) is 35.3 Å². The summed E-state index contributed by atoms with van der Waals surface area (Å²) in [6.45, 7) is 5.40. The Bertz CT molecular complexity index is 477. The smallest absolute Gasteiger partial charge is 0.221 e. The molecule has 0 heterocycles. The zero-order valence-corrected chi connectivity index (χ0v) is 14.8. The summed E-state index contributed by atoms with van der Waals surface area (Å²) >= 11 is 0. The number of nitrogens with one attached hydrogen (secondary N) is 3. The van der Waals surface area contributed by atoms with Crippen molar-refractivity contribution in [3.8, 4) is 0 Å². The molecule has 6 heteroatoms. The van der Waals surface area contributed by atoms with Crippen LogP contribution in [0.4, 0.5) is 0 Å². The van der Waals surface area contributed by atoms with E-state index < -0.39 is 0 Å². The molecule has 3 N–H and O–H groups in total. The van der Waals surface area contributed by atoms with Crippen LogP contribution in [-0.2, 0) is 16.1 Å². The van der Waals surface area contributed by atoms with Crippen molar-refractivity contribution in [2.75, 3.05) is 33.4 Å². The van der Waals surface area contributed by atoms with Gasteiger partial charge in [0, 0.05) is 39.8 Å². The fourth-order valence-electron chi connectivity index (χ4n) is 2.00. The summed E-state index contributed by atoms with van der Waals surface area (Å²) in [5.41, 5.74) is 1.15. The van der Waals surface area contributed by atoms with E-state index in [1.807, 2.05) is 37.3 Å². The topological polar surface area (TPSA) is 74.8 Å². The molecule has 0 radical (unpaired) electrons. The maximum atomic E-state index is 11.6. The van der Waals surface area contributed by atoms with Gasteiger partial charge in [-0.15, -0.1) is 0 Å². The Hall–Kier alpha value is -2.08. The van der Waals surface area contributed by atoms with Crippen molar-refractivity contribution in [1.82, 2.24) is 16.0 Å². The molecule has 134 valence electrons. The molecule has 1 rings (SSSR count). The quantitative estimate of drug-likeness (QED) is 0.327. The lowest BCUT2D eigenvalue weighted by Gasteiger charge is -2.12. The van der Waals surface area contributed by atoms with Crippen LogP contribution in [0.25, 0.3) is 0 Å². The Morgan fingerprint density at radius 1 is 1.08 bits per heavy atom. The van der Waals surface area contributed by atoms with Crippen LogP contribution in [0.1, 0.15) is 31.7 Å². The molecule has 0 bridgehead atoms. The van der Waals surface area contributed by atoms with Gasteiger partial charge in [0.15, 0.2) is 5.96 Å². The van der Waals surface area contributed by atoms with Gasteiger partial charge in [0.1, 0.15) is 0 Å². The molecule has 0 fully saturated rings. The first-order valence-electron chi connectivity index (χ1n) is 8.58. The minimum atomic E-state index is 0.0612. The van der Waals surface area contributed by atoms with E-state index in [1.54, 1.807) is 7.11 Å². The van der Waals surface area contributed by atoms with Crippen molar-refractivity contribution in [3.05, 3.63) is 35.9 Å². The third kappa shape index (κ3) is 9.84. The Kier molecular flexibility index (Phi) is 11.1. The second kappa shape index (κ2) is 13.4. The van der Waals surface area contributed by atoms with E-state index in [9.17, 15) is 4.79 Å². The van der Waals surface area contributed by atoms with Crippen molar-refractivity contribution in [1.29, 1.82) is 0 Å². The van der Waals surface area contributed by atoms with E-state index in [-0.39, 0.29) is 5.91 Å². The Morgan fingerprint density at radius 2 is 1.83 bits per heavy atom. The van der Waals surface area contributed by atoms with Crippen molar-refractivity contribution in [2.45, 2.75) is 32.7 Å². The summed E-state index contributed by atoms with van der Waals surface area (Å²) in [7, 11) is 1.69. The molecule has 1 aromatic carbocycles. The molecule has 0 aliphatic heterocycles. The normalized spacial score (nSPS) is 11.2. The summed E-state index contributed by atoms with van der Waals surface area (Å²) < 4.78 is 5.05. The summed E-state index contributed by atoms with van der Waals surface area (Å²) in [6.07, 6.45) is 2.29. The lowest BCUT2D eigenvalue weighted by Crippen LogP contribution is -2.40. The van der Waals surface area contributed by atoms with E-state index >= 15 is 0 Å². The third-order valence-electron chi connectivity index (χ3n) is 3.30. The van der Waals surface area contributed by atoms with Gasteiger partial charge in [-0.1, -0.05) is 37.3 Å². The van der Waals surface area contributed by atoms with Crippen LogP contribution in [-0.4, -0.2) is 45.2 Å². The minimum Gasteiger partial charge on any atom is -0.385 e. The van der Waals surface area contributed by atoms with Crippen molar-refractivity contribution < 1.29 is 9.53 Å². The highest BCUT2D eigenvalue weighted by Gasteiger charge is 2.02. The van der Waals surface area contributed by atoms with Crippen LogP contribution in [0, 0.1) is 0 Å². The molecule has 6 nitrogen and oxygen atoms in total. The zero-order valence-electron chi connectivity index (χ0n) is 14.8. The van der Waals surface area contributed by atoms with Crippen LogP contribution in [0.2, 0.25) is 0 Å². The highest BCUT2D eigenvalue weighted by atomic mass is 16.5. The average Bonchev–Trinajstić information content (AvgIpc) is 2.61. The van der Waals surface area contributed by atoms with Crippen molar-refractivity contribution in [3.63, 3.8) is 0 Å². The fraction of sp³-hybridized carbons (Fsp3) is 0.556. The van der Waals surface area contributed by atoms with E-state index in [0.717, 1.165) is 37.5 Å². The largest absolute Gasteiger partial charge is 0.385 e. The van der Waals surface area contributed by atoms with E-state index in [1.165, 1.54) is 0 Å². The van der Waals surface area contributed by atoms with Gasteiger partial charge in [0.05, 0.1) is 6.54 Å². The van der Waals surface area contributed by atoms with Gasteiger partial charge >= 0.3 is 0 Å². The van der Waals surface area contributed by atoms with Crippen LogP contribution in [0.5, 0.6) is 0 Å². The third-order valence-corrected chi connectivity index (χ3v) is 3.30. The molecule has 0 atom stereocenters. The number of benzene rings is 1. The number of methoxy groups -OCH3 is 1. The Labute approximate surface area is 145 Å². The maximum Gasteiger partial charge on any atom is 0.221 e. The molecule has 0 unspecified atom stereocenters. The number of ether oxygens (including phenoxy) is 1. The molecule has 0 saturated carbocycles. The van der Waals surface area contributed by atoms with Crippen LogP contribution >= 0.6 is 0 Å². The molecule has 0 saturated heterocycles. The van der Waals surface area contributed by atoms with E-state index in [2.05, 4.69) is 20.9 Å². The predicted octanol–water partition coefficient (Wildman–Crippen LogP) is 1.67. The SMILES string of the molecule is CCCNC(=O)CCNC(=NCc1ccccc1)NCCCOC. The number of hydrogen-bond donors (Lipinski definition) is 3. The van der Waals surface area contributed by atoms with E-state index in [4.69, 9.17) is 4.74 Å². The molecule has 1 amide bonds. The number of hydrogen-bond acceptors (Lipinski definition) is 3. The lowest BCUT2D eigenvalue weighted by atomic mass is 10.2. The van der Waals surface area contributed by atoms with Gasteiger partial charge in [-0.2, -0.15) is 0 Å². The van der Waals surface area contributed by atoms with Gasteiger partial charge in [-0.3, -0.25) is 4.79 Å². The fourth-order valence-corrected chi connectivity index (χ4v) is 2.00. The minimum absolute atomic E-state index is 0.0612. The highest BCUT2D eigenvalue weighted by molar-refractivity contribution is 5.81. The zero-order chi connectivity index (χ0) is 17.5. The maximum absolute atomic E-state index is 11.6. The van der Waals surface area contributed by atoms with Crippen LogP contribution in [0.3, 0.4) is 0 Å².